The second kappa shape index (κ2) is 8.90. The van der Waals surface area contributed by atoms with E-state index in [4.69, 9.17) is 0 Å². The van der Waals surface area contributed by atoms with E-state index < -0.39 is 6.30 Å². The van der Waals surface area contributed by atoms with Crippen LogP contribution in [0.2, 0.25) is 0 Å². The van der Waals surface area contributed by atoms with Crippen molar-refractivity contribution in [1.29, 1.82) is 0 Å². The third-order valence-electron chi connectivity index (χ3n) is 5.38. The van der Waals surface area contributed by atoms with Crippen molar-refractivity contribution < 1.29 is 9.18 Å². The molecule has 3 heterocycles. The van der Waals surface area contributed by atoms with Gasteiger partial charge in [0.05, 0.1) is 10.6 Å². The van der Waals surface area contributed by atoms with Gasteiger partial charge >= 0.3 is 0 Å². The lowest BCUT2D eigenvalue weighted by Crippen LogP contribution is -2.43. The first-order valence-electron chi connectivity index (χ1n) is 9.77. The Hall–Kier alpha value is -1.83. The van der Waals surface area contributed by atoms with Gasteiger partial charge in [-0.25, -0.2) is 4.39 Å². The minimum atomic E-state index is -1.09. The van der Waals surface area contributed by atoms with Crippen molar-refractivity contribution in [3.63, 3.8) is 0 Å². The smallest absolute Gasteiger partial charge is 0.263 e. The van der Waals surface area contributed by atoms with Crippen LogP contribution in [-0.2, 0) is 6.54 Å². The summed E-state index contributed by atoms with van der Waals surface area (Å²) in [5, 5.41) is 4.02. The lowest BCUT2D eigenvalue weighted by atomic mass is 9.95. The standard InChI is InChI=1S/C22H23BrFN3OS/c1-14-2-4-18(25-12-14)13-26-21(24)15-6-8-27(9-7-15)22(28)20-11-16-10-17(23)3-5-19(16)29-20/h2-5,10-12,15,21,26H,6-9,13H2,1H3. The normalized spacial score (nSPS) is 16.3. The van der Waals surface area contributed by atoms with Crippen molar-refractivity contribution >= 4 is 43.3 Å². The molecule has 1 aliphatic rings. The number of carbonyl (C=O) groups is 1. The molecule has 7 heteroatoms. The predicted octanol–water partition coefficient (Wildman–Crippen LogP) is 5.30. The van der Waals surface area contributed by atoms with Gasteiger partial charge in [-0.2, -0.15) is 0 Å². The summed E-state index contributed by atoms with van der Waals surface area (Å²) in [6, 6.07) is 11.9. The Bertz CT molecular complexity index is 999. The second-order valence-corrected chi connectivity index (χ2v) is 9.53. The van der Waals surface area contributed by atoms with Gasteiger partial charge in [0.1, 0.15) is 0 Å². The van der Waals surface area contributed by atoms with Crippen molar-refractivity contribution in [3.05, 3.63) is 63.2 Å². The van der Waals surface area contributed by atoms with Crippen LogP contribution in [0.3, 0.4) is 0 Å². The molecule has 1 fully saturated rings. The summed E-state index contributed by atoms with van der Waals surface area (Å²) >= 11 is 4.99. The van der Waals surface area contributed by atoms with E-state index in [2.05, 4.69) is 26.2 Å². The number of fused-ring (bicyclic) bond motifs is 1. The van der Waals surface area contributed by atoms with E-state index in [1.807, 2.05) is 48.2 Å². The first kappa shape index (κ1) is 20.4. The number of aromatic nitrogens is 1. The van der Waals surface area contributed by atoms with E-state index in [9.17, 15) is 9.18 Å². The SMILES string of the molecule is Cc1ccc(CNC(F)C2CCN(C(=O)c3cc4cc(Br)ccc4s3)CC2)nc1. The molecular formula is C22H23BrFN3OS. The molecule has 29 heavy (non-hydrogen) atoms. The van der Waals surface area contributed by atoms with Crippen molar-refractivity contribution in [2.75, 3.05) is 13.1 Å². The molecule has 4 nitrogen and oxygen atoms in total. The fourth-order valence-corrected chi connectivity index (χ4v) is 5.03. The van der Waals surface area contributed by atoms with Gasteiger partial charge in [0, 0.05) is 40.9 Å². The number of halogens is 2. The zero-order valence-corrected chi connectivity index (χ0v) is 18.6. The van der Waals surface area contributed by atoms with E-state index in [0.717, 1.165) is 30.7 Å². The van der Waals surface area contributed by atoms with E-state index in [-0.39, 0.29) is 11.8 Å². The maximum Gasteiger partial charge on any atom is 0.263 e. The quantitative estimate of drug-likeness (QED) is 0.508. The molecule has 1 saturated heterocycles. The molecule has 152 valence electrons. The van der Waals surface area contributed by atoms with E-state index in [0.29, 0.717) is 32.5 Å². The minimum absolute atomic E-state index is 0.0491. The first-order chi connectivity index (χ1) is 14.0. The van der Waals surface area contributed by atoms with Gasteiger partial charge in [0.15, 0.2) is 6.30 Å². The van der Waals surface area contributed by atoms with E-state index in [1.165, 1.54) is 11.3 Å². The zero-order valence-electron chi connectivity index (χ0n) is 16.2. The summed E-state index contributed by atoms with van der Waals surface area (Å²) in [6.45, 7) is 3.57. The van der Waals surface area contributed by atoms with Crippen LogP contribution >= 0.6 is 27.3 Å². The Balaban J connectivity index is 1.30. The fraction of sp³-hybridized carbons (Fsp3) is 0.364. The Kier molecular flexibility index (Phi) is 6.27. The lowest BCUT2D eigenvalue weighted by molar-refractivity contribution is 0.0600. The largest absolute Gasteiger partial charge is 0.338 e. The lowest BCUT2D eigenvalue weighted by Gasteiger charge is -2.33. The number of carbonyl (C=O) groups excluding carboxylic acids is 1. The first-order valence-corrected chi connectivity index (χ1v) is 11.4. The van der Waals surface area contributed by atoms with Crippen molar-refractivity contribution in [2.24, 2.45) is 5.92 Å². The molecule has 0 spiro atoms. The number of hydrogen-bond acceptors (Lipinski definition) is 4. The summed E-state index contributed by atoms with van der Waals surface area (Å²) in [7, 11) is 0. The maximum absolute atomic E-state index is 14.6. The molecule has 2 aromatic heterocycles. The van der Waals surface area contributed by atoms with Gasteiger partial charge in [0.25, 0.3) is 5.91 Å². The van der Waals surface area contributed by atoms with E-state index >= 15 is 0 Å². The highest BCUT2D eigenvalue weighted by atomic mass is 79.9. The number of benzene rings is 1. The summed E-state index contributed by atoms with van der Waals surface area (Å²) in [5.74, 6) is -0.0316. The summed E-state index contributed by atoms with van der Waals surface area (Å²) in [6.07, 6.45) is 2.04. The molecular weight excluding hydrogens is 453 g/mol. The Morgan fingerprint density at radius 1 is 1.31 bits per heavy atom. The van der Waals surface area contributed by atoms with Gasteiger partial charge in [-0.15, -0.1) is 11.3 Å². The third-order valence-corrected chi connectivity index (χ3v) is 6.98. The zero-order chi connectivity index (χ0) is 20.4. The minimum Gasteiger partial charge on any atom is -0.338 e. The third kappa shape index (κ3) is 4.85. The maximum atomic E-state index is 14.6. The van der Waals surface area contributed by atoms with Gasteiger partial charge in [0.2, 0.25) is 0 Å². The molecule has 0 aliphatic carbocycles. The van der Waals surface area contributed by atoms with Crippen LogP contribution < -0.4 is 5.32 Å². The Morgan fingerprint density at radius 2 is 2.10 bits per heavy atom. The number of nitrogens with one attached hydrogen (secondary N) is 1. The number of pyridine rings is 1. The van der Waals surface area contributed by atoms with Crippen LogP contribution in [-0.4, -0.2) is 35.2 Å². The molecule has 1 unspecified atom stereocenters. The number of amides is 1. The van der Waals surface area contributed by atoms with Crippen LogP contribution in [0, 0.1) is 12.8 Å². The molecule has 0 saturated carbocycles. The number of thiophene rings is 1. The molecule has 1 N–H and O–H groups in total. The Labute approximate surface area is 182 Å². The molecule has 4 rings (SSSR count). The number of likely N-dealkylation sites (tertiary alicyclic amines) is 1. The number of aryl methyl sites for hydroxylation is 1. The number of alkyl halides is 1. The second-order valence-electron chi connectivity index (χ2n) is 7.53. The Morgan fingerprint density at radius 3 is 2.83 bits per heavy atom. The molecule has 1 aromatic carbocycles. The van der Waals surface area contributed by atoms with Crippen molar-refractivity contribution in [1.82, 2.24) is 15.2 Å². The average molecular weight is 476 g/mol. The summed E-state index contributed by atoms with van der Waals surface area (Å²) < 4.78 is 16.7. The highest BCUT2D eigenvalue weighted by Gasteiger charge is 2.29. The fourth-order valence-electron chi connectivity index (χ4n) is 3.64. The number of piperidine rings is 1. The van der Waals surface area contributed by atoms with Gasteiger partial charge in [-0.05, 0) is 61.0 Å². The topological polar surface area (TPSA) is 45.2 Å². The molecule has 3 aromatic rings. The number of hydrogen-bond donors (Lipinski definition) is 1. The molecule has 0 bridgehead atoms. The van der Waals surface area contributed by atoms with Crippen LogP contribution in [0.1, 0.15) is 33.8 Å². The molecule has 1 atom stereocenters. The van der Waals surface area contributed by atoms with Gasteiger partial charge in [-0.1, -0.05) is 22.0 Å². The molecule has 1 aliphatic heterocycles. The van der Waals surface area contributed by atoms with Crippen LogP contribution in [0.5, 0.6) is 0 Å². The van der Waals surface area contributed by atoms with Gasteiger partial charge < -0.3 is 4.90 Å². The summed E-state index contributed by atoms with van der Waals surface area (Å²) in [5.41, 5.74) is 1.93. The molecule has 0 radical (unpaired) electrons. The number of rotatable bonds is 5. The average Bonchev–Trinajstić information content (AvgIpc) is 3.16. The van der Waals surface area contributed by atoms with Gasteiger partial charge in [-0.3, -0.25) is 15.1 Å². The molecule has 1 amide bonds. The van der Waals surface area contributed by atoms with Crippen LogP contribution in [0.15, 0.2) is 47.1 Å². The van der Waals surface area contributed by atoms with Crippen molar-refractivity contribution in [3.8, 4) is 0 Å². The summed E-state index contributed by atoms with van der Waals surface area (Å²) in [4.78, 5) is 19.8. The van der Waals surface area contributed by atoms with Crippen LogP contribution in [0.25, 0.3) is 10.1 Å². The number of nitrogens with zero attached hydrogens (tertiary/aromatic N) is 2. The highest BCUT2D eigenvalue weighted by molar-refractivity contribution is 9.10. The highest BCUT2D eigenvalue weighted by Crippen LogP contribution is 2.30. The predicted molar refractivity (Wildman–Crippen MR) is 119 cm³/mol. The monoisotopic (exact) mass is 475 g/mol. The van der Waals surface area contributed by atoms with Crippen molar-refractivity contribution in [2.45, 2.75) is 32.6 Å². The van der Waals surface area contributed by atoms with Crippen LogP contribution in [0.4, 0.5) is 4.39 Å². The van der Waals surface area contributed by atoms with E-state index in [1.54, 1.807) is 6.20 Å².